The van der Waals surface area contributed by atoms with E-state index in [0.717, 1.165) is 31.7 Å². The van der Waals surface area contributed by atoms with Crippen LogP contribution in [0.15, 0.2) is 30.7 Å². The van der Waals surface area contributed by atoms with E-state index in [1.165, 1.54) is 0 Å². The van der Waals surface area contributed by atoms with Crippen LogP contribution in [0.4, 0.5) is 11.8 Å². The summed E-state index contributed by atoms with van der Waals surface area (Å²) in [5.74, 6) is 1.62. The van der Waals surface area contributed by atoms with Crippen LogP contribution in [0.5, 0.6) is 0 Å². The summed E-state index contributed by atoms with van der Waals surface area (Å²) in [4.78, 5) is 17.3. The highest BCUT2D eigenvalue weighted by molar-refractivity contribution is 6.30. The predicted molar refractivity (Wildman–Crippen MR) is 89.6 cm³/mol. The lowest BCUT2D eigenvalue weighted by atomic mass is 10.0. The van der Waals surface area contributed by atoms with Crippen molar-refractivity contribution in [3.05, 3.63) is 41.3 Å². The fraction of sp³-hybridized carbons (Fsp3) is 0.375. The summed E-state index contributed by atoms with van der Waals surface area (Å²) in [5.41, 5.74) is 0.586. The number of nitrogens with zero attached hydrogens (tertiary/aromatic N) is 6. The summed E-state index contributed by atoms with van der Waals surface area (Å²) >= 11 is 5.83. The number of piperidine rings is 1. The van der Waals surface area contributed by atoms with E-state index in [4.69, 9.17) is 16.9 Å². The van der Waals surface area contributed by atoms with Crippen molar-refractivity contribution in [3.63, 3.8) is 0 Å². The average molecular weight is 329 g/mol. The molecule has 7 heteroatoms. The second kappa shape index (κ2) is 6.80. The number of aromatic nitrogens is 3. The van der Waals surface area contributed by atoms with Gasteiger partial charge in [0, 0.05) is 32.4 Å². The third kappa shape index (κ3) is 3.51. The minimum absolute atomic E-state index is 0.394. The fourth-order valence-electron chi connectivity index (χ4n) is 2.77. The van der Waals surface area contributed by atoms with E-state index in [0.29, 0.717) is 22.6 Å². The highest BCUT2D eigenvalue weighted by Crippen LogP contribution is 2.22. The lowest BCUT2D eigenvalue weighted by Gasteiger charge is -2.37. The Hall–Kier alpha value is -2.39. The van der Waals surface area contributed by atoms with E-state index in [-0.39, 0.29) is 0 Å². The van der Waals surface area contributed by atoms with Gasteiger partial charge in [0.25, 0.3) is 0 Å². The maximum Gasteiger partial charge on any atom is 0.225 e. The Morgan fingerprint density at radius 2 is 1.87 bits per heavy atom. The van der Waals surface area contributed by atoms with Crippen LogP contribution in [0.2, 0.25) is 5.02 Å². The second-order valence-corrected chi connectivity index (χ2v) is 5.98. The minimum Gasteiger partial charge on any atom is -0.356 e. The highest BCUT2D eigenvalue weighted by atomic mass is 35.5. The Balaban J connectivity index is 1.61. The number of nitriles is 1. The molecule has 1 aliphatic rings. The van der Waals surface area contributed by atoms with Crippen molar-refractivity contribution >= 4 is 23.4 Å². The predicted octanol–water partition coefficient (Wildman–Crippen LogP) is 2.50. The van der Waals surface area contributed by atoms with Gasteiger partial charge in [-0.05, 0) is 25.0 Å². The van der Waals surface area contributed by atoms with Crippen LogP contribution in [0.25, 0.3) is 0 Å². The Morgan fingerprint density at radius 1 is 1.17 bits per heavy atom. The van der Waals surface area contributed by atoms with Crippen LogP contribution in [0, 0.1) is 11.3 Å². The molecule has 1 aliphatic heterocycles. The van der Waals surface area contributed by atoms with Gasteiger partial charge in [0.05, 0.1) is 23.0 Å². The first-order valence-corrected chi connectivity index (χ1v) is 7.86. The van der Waals surface area contributed by atoms with Crippen molar-refractivity contribution in [1.29, 1.82) is 5.26 Å². The van der Waals surface area contributed by atoms with Crippen LogP contribution >= 0.6 is 11.6 Å². The van der Waals surface area contributed by atoms with Crippen LogP contribution in [-0.2, 0) is 0 Å². The molecule has 0 bridgehead atoms. The molecule has 0 N–H and O–H groups in total. The topological polar surface area (TPSA) is 68.9 Å². The Morgan fingerprint density at radius 3 is 2.43 bits per heavy atom. The van der Waals surface area contributed by atoms with Gasteiger partial charge >= 0.3 is 0 Å². The Bertz CT molecular complexity index is 686. The van der Waals surface area contributed by atoms with Gasteiger partial charge in [0.15, 0.2) is 0 Å². The Labute approximate surface area is 140 Å². The summed E-state index contributed by atoms with van der Waals surface area (Å²) in [6, 6.07) is 6.20. The molecule has 0 saturated carbocycles. The molecule has 118 valence electrons. The molecule has 1 fully saturated rings. The third-order valence-corrected chi connectivity index (χ3v) is 4.33. The molecule has 2 aromatic rings. The zero-order valence-electron chi connectivity index (χ0n) is 12.9. The number of anilines is 2. The van der Waals surface area contributed by atoms with E-state index in [9.17, 15) is 0 Å². The first-order chi connectivity index (χ1) is 11.2. The zero-order valence-corrected chi connectivity index (χ0v) is 13.6. The molecule has 0 atom stereocenters. The number of hydrogen-bond donors (Lipinski definition) is 0. The van der Waals surface area contributed by atoms with E-state index in [1.54, 1.807) is 18.6 Å². The normalized spacial score (nSPS) is 15.3. The summed E-state index contributed by atoms with van der Waals surface area (Å²) in [6.45, 7) is 1.84. The smallest absolute Gasteiger partial charge is 0.225 e. The number of halogens is 1. The lowest BCUT2D eigenvalue weighted by Crippen LogP contribution is -2.44. The molecular formula is C16H17ClN6. The van der Waals surface area contributed by atoms with E-state index < -0.39 is 0 Å². The van der Waals surface area contributed by atoms with Crippen molar-refractivity contribution in [1.82, 2.24) is 15.0 Å². The maximum absolute atomic E-state index is 8.83. The van der Waals surface area contributed by atoms with Crippen molar-refractivity contribution in [2.45, 2.75) is 18.9 Å². The lowest BCUT2D eigenvalue weighted by molar-refractivity contribution is 0.475. The molecule has 6 nitrogen and oxygen atoms in total. The summed E-state index contributed by atoms with van der Waals surface area (Å²) in [7, 11) is 2.02. The van der Waals surface area contributed by atoms with Gasteiger partial charge in [-0.3, -0.25) is 0 Å². The van der Waals surface area contributed by atoms with Crippen LogP contribution in [-0.4, -0.2) is 41.1 Å². The molecule has 0 aliphatic carbocycles. The molecule has 0 aromatic carbocycles. The van der Waals surface area contributed by atoms with Crippen molar-refractivity contribution in [3.8, 4) is 6.07 Å². The fourth-order valence-corrected chi connectivity index (χ4v) is 2.87. The Kier molecular flexibility index (Phi) is 4.58. The molecule has 0 radical (unpaired) electrons. The van der Waals surface area contributed by atoms with Gasteiger partial charge in [0.2, 0.25) is 5.95 Å². The second-order valence-electron chi connectivity index (χ2n) is 5.55. The van der Waals surface area contributed by atoms with Gasteiger partial charge in [-0.2, -0.15) is 5.26 Å². The van der Waals surface area contributed by atoms with Crippen molar-refractivity contribution in [2.24, 2.45) is 0 Å². The van der Waals surface area contributed by atoms with Gasteiger partial charge in [-0.1, -0.05) is 11.6 Å². The van der Waals surface area contributed by atoms with Gasteiger partial charge in [-0.15, -0.1) is 0 Å². The van der Waals surface area contributed by atoms with Gasteiger partial charge in [-0.25, -0.2) is 15.0 Å². The van der Waals surface area contributed by atoms with Gasteiger partial charge < -0.3 is 9.80 Å². The van der Waals surface area contributed by atoms with E-state index >= 15 is 0 Å². The van der Waals surface area contributed by atoms with Crippen LogP contribution in [0.3, 0.4) is 0 Å². The molecule has 0 spiro atoms. The first-order valence-electron chi connectivity index (χ1n) is 7.49. The molecule has 23 heavy (non-hydrogen) atoms. The summed E-state index contributed by atoms with van der Waals surface area (Å²) in [5, 5.41) is 9.38. The number of rotatable bonds is 3. The van der Waals surface area contributed by atoms with Crippen molar-refractivity contribution in [2.75, 3.05) is 29.9 Å². The largest absolute Gasteiger partial charge is 0.356 e. The van der Waals surface area contributed by atoms with Crippen LogP contribution in [0.1, 0.15) is 18.4 Å². The minimum atomic E-state index is 0.394. The zero-order chi connectivity index (χ0) is 16.2. The van der Waals surface area contributed by atoms with Gasteiger partial charge in [0.1, 0.15) is 11.9 Å². The monoisotopic (exact) mass is 328 g/mol. The third-order valence-electron chi connectivity index (χ3n) is 4.14. The maximum atomic E-state index is 8.83. The molecule has 0 amide bonds. The van der Waals surface area contributed by atoms with E-state index in [1.807, 2.05) is 19.2 Å². The molecular weight excluding hydrogens is 312 g/mol. The first kappa shape index (κ1) is 15.5. The average Bonchev–Trinajstić information content (AvgIpc) is 2.62. The number of pyridine rings is 1. The molecule has 2 aromatic heterocycles. The summed E-state index contributed by atoms with van der Waals surface area (Å²) < 4.78 is 0. The highest BCUT2D eigenvalue weighted by Gasteiger charge is 2.24. The molecule has 3 rings (SSSR count). The number of hydrogen-bond acceptors (Lipinski definition) is 6. The van der Waals surface area contributed by atoms with Crippen molar-refractivity contribution < 1.29 is 0 Å². The van der Waals surface area contributed by atoms with E-state index in [2.05, 4.69) is 30.8 Å². The van der Waals surface area contributed by atoms with Crippen LogP contribution < -0.4 is 9.80 Å². The molecule has 3 heterocycles. The summed E-state index contributed by atoms with van der Waals surface area (Å²) in [6.07, 6.45) is 6.87. The standard InChI is InChI=1S/C16H17ClN6/c1-22(16-20-10-13(17)11-21-16)14-4-6-23(7-5-14)15-3-2-12(8-18)9-19-15/h2-3,9-11,14H,4-7H2,1H3. The molecule has 0 unspecified atom stereocenters. The quantitative estimate of drug-likeness (QED) is 0.862. The SMILES string of the molecule is CN(c1ncc(Cl)cn1)C1CCN(c2ccc(C#N)cn2)CC1. The molecule has 1 saturated heterocycles.